The van der Waals surface area contributed by atoms with Crippen molar-refractivity contribution in [2.24, 2.45) is 0 Å². The molecule has 0 saturated heterocycles. The van der Waals surface area contributed by atoms with Gasteiger partial charge >= 0.3 is 0 Å². The Bertz CT molecular complexity index is 1660. The van der Waals surface area contributed by atoms with Gasteiger partial charge in [0, 0.05) is 22.3 Å². The van der Waals surface area contributed by atoms with E-state index >= 15 is 0 Å². The Labute approximate surface area is 238 Å². The number of rotatable bonds is 4. The van der Waals surface area contributed by atoms with Crippen molar-refractivity contribution in [3.63, 3.8) is 0 Å². The minimum atomic E-state index is -0.144. The molecule has 6 N–H and O–H groups in total. The van der Waals surface area contributed by atoms with Crippen LogP contribution in [0.5, 0.6) is 23.0 Å². The molecule has 8 heteroatoms. The fourth-order valence-corrected chi connectivity index (χ4v) is 4.23. The topological polar surface area (TPSA) is 138 Å². The molecule has 0 aliphatic rings. The van der Waals surface area contributed by atoms with Gasteiger partial charge in [-0.05, 0) is 74.5 Å². The van der Waals surface area contributed by atoms with Crippen LogP contribution < -0.4 is 0 Å². The lowest BCUT2D eigenvalue weighted by Gasteiger charge is -2.00. The Morgan fingerprint density at radius 1 is 0.463 bits per heavy atom. The van der Waals surface area contributed by atoms with E-state index in [1.807, 2.05) is 62.4 Å². The van der Waals surface area contributed by atoms with Crippen molar-refractivity contribution in [3.05, 3.63) is 108 Å². The molecule has 0 bridgehead atoms. The van der Waals surface area contributed by atoms with Crippen molar-refractivity contribution in [1.82, 2.24) is 20.4 Å². The molecule has 0 atom stereocenters. The number of aromatic hydroxyl groups is 4. The van der Waals surface area contributed by atoms with E-state index in [9.17, 15) is 20.4 Å². The van der Waals surface area contributed by atoms with Crippen molar-refractivity contribution in [2.75, 3.05) is 0 Å². The summed E-state index contributed by atoms with van der Waals surface area (Å²) < 4.78 is 0. The van der Waals surface area contributed by atoms with E-state index < -0.39 is 0 Å². The molecular weight excluding hydrogens is 516 g/mol. The number of phenols is 4. The third-order valence-corrected chi connectivity index (χ3v) is 6.36. The quantitative estimate of drug-likeness (QED) is 0.126. The number of nitrogens with zero attached hydrogens (tertiary/aromatic N) is 2. The van der Waals surface area contributed by atoms with E-state index in [-0.39, 0.29) is 30.4 Å². The molecule has 8 nitrogen and oxygen atoms in total. The number of H-pyrrole nitrogens is 2. The number of aryl methyl sites for hydroxylation is 2. The lowest BCUT2D eigenvalue weighted by Crippen LogP contribution is -1.78. The molecule has 2 heterocycles. The van der Waals surface area contributed by atoms with E-state index in [1.165, 1.54) is 35.4 Å². The Morgan fingerprint density at radius 2 is 0.878 bits per heavy atom. The van der Waals surface area contributed by atoms with Crippen LogP contribution >= 0.6 is 0 Å². The first-order valence-corrected chi connectivity index (χ1v) is 12.6. The summed E-state index contributed by atoms with van der Waals surface area (Å²) >= 11 is 0. The normalized spacial score (nSPS) is 10.4. The molecule has 6 rings (SSSR count). The Kier molecular flexibility index (Phi) is 8.43. The average Bonchev–Trinajstić information content (AvgIpc) is 3.63. The summed E-state index contributed by atoms with van der Waals surface area (Å²) in [6.45, 7) is 4.07. The number of aromatic amines is 2. The maximum atomic E-state index is 9.54. The van der Waals surface area contributed by atoms with Crippen LogP contribution in [0.3, 0.4) is 0 Å². The first-order valence-electron chi connectivity index (χ1n) is 12.6. The van der Waals surface area contributed by atoms with Gasteiger partial charge in [0.1, 0.15) is 0 Å². The van der Waals surface area contributed by atoms with Crippen molar-refractivity contribution >= 4 is 0 Å². The van der Waals surface area contributed by atoms with E-state index in [0.29, 0.717) is 0 Å². The van der Waals surface area contributed by atoms with Crippen LogP contribution in [-0.4, -0.2) is 40.8 Å². The van der Waals surface area contributed by atoms with Gasteiger partial charge < -0.3 is 20.4 Å². The van der Waals surface area contributed by atoms with Crippen LogP contribution in [0.4, 0.5) is 0 Å². The van der Waals surface area contributed by atoms with Crippen molar-refractivity contribution in [1.29, 1.82) is 0 Å². The highest BCUT2D eigenvalue weighted by molar-refractivity contribution is 5.71. The number of aromatic nitrogens is 4. The zero-order valence-corrected chi connectivity index (χ0v) is 21.9. The molecule has 0 unspecified atom stereocenters. The average molecular weight is 549 g/mol. The SMILES string of the molecule is C.Cc1cccc(-c2cc(-c3ccc(O)c(O)c3)[nH]n2)c1.Cc1cccc(-c2cc(-c3ccc(O)c(O)c3)[nH]n2)c1. The van der Waals surface area contributed by atoms with Gasteiger partial charge in [0.05, 0.1) is 22.8 Å². The third-order valence-electron chi connectivity index (χ3n) is 6.36. The fourth-order valence-electron chi connectivity index (χ4n) is 4.23. The minimum absolute atomic E-state index is 0. The summed E-state index contributed by atoms with van der Waals surface area (Å²) in [6, 6.07) is 29.4. The maximum absolute atomic E-state index is 9.54. The van der Waals surface area contributed by atoms with Gasteiger partial charge in [-0.15, -0.1) is 0 Å². The Morgan fingerprint density at radius 3 is 1.24 bits per heavy atom. The van der Waals surface area contributed by atoms with Crippen LogP contribution in [-0.2, 0) is 0 Å². The molecule has 0 aliphatic carbocycles. The number of hydrogen-bond donors (Lipinski definition) is 6. The molecule has 6 aromatic rings. The lowest BCUT2D eigenvalue weighted by molar-refractivity contribution is 0.404. The predicted octanol–water partition coefficient (Wildman–Crippen LogP) is 7.56. The summed E-state index contributed by atoms with van der Waals surface area (Å²) in [5, 5.41) is 52.2. The van der Waals surface area contributed by atoms with Crippen LogP contribution in [0.25, 0.3) is 45.0 Å². The highest BCUT2D eigenvalue weighted by atomic mass is 16.3. The first-order chi connectivity index (χ1) is 19.3. The van der Waals surface area contributed by atoms with Crippen molar-refractivity contribution in [3.8, 4) is 68.0 Å². The molecule has 41 heavy (non-hydrogen) atoms. The summed E-state index contributed by atoms with van der Waals surface area (Å²) in [7, 11) is 0. The number of benzene rings is 4. The van der Waals surface area contributed by atoms with Crippen molar-refractivity contribution < 1.29 is 20.4 Å². The second-order valence-electron chi connectivity index (χ2n) is 9.48. The molecule has 0 spiro atoms. The Hall–Kier alpha value is -5.50. The van der Waals surface area contributed by atoms with Crippen LogP contribution in [0, 0.1) is 13.8 Å². The largest absolute Gasteiger partial charge is 0.504 e. The lowest BCUT2D eigenvalue weighted by atomic mass is 10.1. The van der Waals surface area contributed by atoms with E-state index in [0.717, 1.165) is 45.0 Å². The standard InChI is InChI=1S/2C16H14N2O2.CH4/c2*1-10-3-2-4-11(7-10)13-9-14(18-17-13)12-5-6-15(19)16(20)8-12;/h2*2-9,19-20H,1H3,(H,17,18);1H4. The highest BCUT2D eigenvalue weighted by Crippen LogP contribution is 2.32. The van der Waals surface area contributed by atoms with Gasteiger partial charge in [-0.2, -0.15) is 10.2 Å². The monoisotopic (exact) mass is 548 g/mol. The number of hydrogen-bond acceptors (Lipinski definition) is 6. The zero-order chi connectivity index (χ0) is 28.2. The molecule has 208 valence electrons. The third kappa shape index (κ3) is 6.57. The van der Waals surface area contributed by atoms with Gasteiger partial charge in [0.2, 0.25) is 0 Å². The van der Waals surface area contributed by atoms with Gasteiger partial charge in [0.15, 0.2) is 23.0 Å². The van der Waals surface area contributed by atoms with Gasteiger partial charge in [-0.25, -0.2) is 0 Å². The zero-order valence-electron chi connectivity index (χ0n) is 21.9. The maximum Gasteiger partial charge on any atom is 0.158 e. The van der Waals surface area contributed by atoms with E-state index in [1.54, 1.807) is 12.1 Å². The molecule has 4 aromatic carbocycles. The second kappa shape index (κ2) is 12.1. The number of phenolic OH excluding ortho intramolecular Hbond substituents is 4. The number of nitrogens with one attached hydrogen (secondary N) is 2. The van der Waals surface area contributed by atoms with Crippen LogP contribution in [0.15, 0.2) is 97.1 Å². The molecule has 0 amide bonds. The summed E-state index contributed by atoms with van der Waals surface area (Å²) in [5.41, 5.74) is 9.23. The first kappa shape index (κ1) is 28.5. The molecule has 0 saturated carbocycles. The smallest absolute Gasteiger partial charge is 0.158 e. The van der Waals surface area contributed by atoms with Crippen LogP contribution in [0.2, 0.25) is 0 Å². The summed E-state index contributed by atoms with van der Waals surface area (Å²) in [4.78, 5) is 0. The minimum Gasteiger partial charge on any atom is -0.504 e. The van der Waals surface area contributed by atoms with E-state index in [4.69, 9.17) is 0 Å². The van der Waals surface area contributed by atoms with Gasteiger partial charge in [0.25, 0.3) is 0 Å². The molecule has 2 aromatic heterocycles. The van der Waals surface area contributed by atoms with Gasteiger partial charge in [-0.1, -0.05) is 55.0 Å². The van der Waals surface area contributed by atoms with Crippen LogP contribution in [0.1, 0.15) is 18.6 Å². The summed E-state index contributed by atoms with van der Waals surface area (Å²) in [6.07, 6.45) is 0. The Balaban J connectivity index is 0.000000184. The van der Waals surface area contributed by atoms with E-state index in [2.05, 4.69) is 32.5 Å². The molecule has 0 aliphatic heterocycles. The fraction of sp³-hybridized carbons (Fsp3) is 0.0909. The van der Waals surface area contributed by atoms with Crippen molar-refractivity contribution in [2.45, 2.75) is 21.3 Å². The predicted molar refractivity (Wildman–Crippen MR) is 162 cm³/mol. The molecular formula is C33H32N4O4. The van der Waals surface area contributed by atoms with Gasteiger partial charge in [-0.3, -0.25) is 10.2 Å². The highest BCUT2D eigenvalue weighted by Gasteiger charge is 2.09. The summed E-state index contributed by atoms with van der Waals surface area (Å²) in [5.74, 6) is -0.553. The molecule has 0 fully saturated rings. The second-order valence-corrected chi connectivity index (χ2v) is 9.48. The molecule has 0 radical (unpaired) electrons.